The van der Waals surface area contributed by atoms with Crippen LogP contribution in [0.3, 0.4) is 0 Å². The van der Waals surface area contributed by atoms with Crippen molar-refractivity contribution in [1.29, 1.82) is 0 Å². The summed E-state index contributed by atoms with van der Waals surface area (Å²) < 4.78 is 1.95. The van der Waals surface area contributed by atoms with Gasteiger partial charge in [-0.2, -0.15) is 0 Å². The second kappa shape index (κ2) is 2.23. The zero-order chi connectivity index (χ0) is 7.84. The van der Waals surface area contributed by atoms with Crippen LogP contribution in [0.2, 0.25) is 0 Å². The molecule has 0 unspecified atom stereocenters. The highest BCUT2D eigenvalue weighted by Crippen LogP contribution is 2.14. The van der Waals surface area contributed by atoms with Crippen molar-refractivity contribution in [3.05, 3.63) is 11.4 Å². The first-order valence-corrected chi connectivity index (χ1v) is 3.79. The van der Waals surface area contributed by atoms with Gasteiger partial charge in [-0.1, -0.05) is 0 Å². The third-order valence-corrected chi connectivity index (χ3v) is 2.16. The molecule has 1 aromatic heterocycles. The van der Waals surface area contributed by atoms with Gasteiger partial charge in [-0.3, -0.25) is 0 Å². The number of imidazole rings is 1. The van der Waals surface area contributed by atoms with Crippen LogP contribution in [0.1, 0.15) is 11.4 Å². The maximum absolute atomic E-state index is 5.64. The second-order valence-electron chi connectivity index (χ2n) is 2.85. The van der Waals surface area contributed by atoms with Crippen molar-refractivity contribution in [2.75, 3.05) is 12.3 Å². The predicted octanol–water partition coefficient (Wildman–Crippen LogP) is -0.352. The van der Waals surface area contributed by atoms with Crippen molar-refractivity contribution < 1.29 is 0 Å². The average Bonchev–Trinajstić information content (AvgIpc) is 2.30. The maximum atomic E-state index is 5.64. The lowest BCUT2D eigenvalue weighted by atomic mass is 10.2. The van der Waals surface area contributed by atoms with Crippen LogP contribution in [0.25, 0.3) is 0 Å². The first-order chi connectivity index (χ1) is 5.29. The molecule has 0 spiro atoms. The molecule has 0 saturated carbocycles. The van der Waals surface area contributed by atoms with Gasteiger partial charge in [-0.15, -0.1) is 0 Å². The Kier molecular flexibility index (Phi) is 1.35. The van der Waals surface area contributed by atoms with E-state index >= 15 is 0 Å². The summed E-state index contributed by atoms with van der Waals surface area (Å²) in [4.78, 5) is 4.25. The number of nitrogens with zero attached hydrogens (tertiary/aromatic N) is 2. The molecule has 4 heteroatoms. The van der Waals surface area contributed by atoms with E-state index in [9.17, 15) is 0 Å². The molecule has 1 aliphatic rings. The second-order valence-corrected chi connectivity index (χ2v) is 2.85. The third kappa shape index (κ3) is 0.903. The molecule has 0 radical (unpaired) electrons. The van der Waals surface area contributed by atoms with E-state index in [2.05, 4.69) is 10.3 Å². The van der Waals surface area contributed by atoms with Gasteiger partial charge in [0.15, 0.2) is 5.95 Å². The van der Waals surface area contributed by atoms with Crippen LogP contribution < -0.4 is 11.1 Å². The molecule has 2 rings (SSSR count). The number of hydrogen-bond donors (Lipinski definition) is 2. The summed E-state index contributed by atoms with van der Waals surface area (Å²) in [6.07, 6.45) is 1.00. The zero-order valence-corrected chi connectivity index (χ0v) is 6.59. The number of anilines is 1. The van der Waals surface area contributed by atoms with Crippen LogP contribution in [0.5, 0.6) is 0 Å². The van der Waals surface area contributed by atoms with Gasteiger partial charge in [0.2, 0.25) is 0 Å². The monoisotopic (exact) mass is 152 g/mol. The summed E-state index contributed by atoms with van der Waals surface area (Å²) in [5.41, 5.74) is 8.03. The minimum absolute atomic E-state index is 0.624. The van der Waals surface area contributed by atoms with Gasteiger partial charge in [-0.05, 0) is 0 Å². The number of nitrogen functional groups attached to an aromatic ring is 1. The lowest BCUT2D eigenvalue weighted by Crippen LogP contribution is -2.24. The molecule has 0 bridgehead atoms. The average molecular weight is 152 g/mol. The molecule has 3 N–H and O–H groups in total. The normalized spacial score (nSPS) is 16.5. The van der Waals surface area contributed by atoms with Crippen molar-refractivity contribution in [2.24, 2.45) is 7.05 Å². The van der Waals surface area contributed by atoms with Crippen LogP contribution in [-0.4, -0.2) is 16.1 Å². The Morgan fingerprint density at radius 3 is 3.18 bits per heavy atom. The van der Waals surface area contributed by atoms with Gasteiger partial charge in [0.05, 0.1) is 11.4 Å². The molecule has 0 fully saturated rings. The molecule has 0 saturated heterocycles. The molecule has 0 amide bonds. The highest BCUT2D eigenvalue weighted by atomic mass is 15.2. The van der Waals surface area contributed by atoms with Crippen LogP contribution in [0.4, 0.5) is 5.95 Å². The molecule has 4 nitrogen and oxygen atoms in total. The minimum Gasteiger partial charge on any atom is -0.369 e. The Hall–Kier alpha value is -1.03. The van der Waals surface area contributed by atoms with Gasteiger partial charge >= 0.3 is 0 Å². The van der Waals surface area contributed by atoms with Gasteiger partial charge < -0.3 is 15.6 Å². The van der Waals surface area contributed by atoms with Gasteiger partial charge in [0, 0.05) is 26.6 Å². The van der Waals surface area contributed by atoms with Gasteiger partial charge in [-0.25, -0.2) is 4.98 Å². The molecule has 1 aliphatic heterocycles. The minimum atomic E-state index is 0.624. The fourth-order valence-corrected chi connectivity index (χ4v) is 1.44. The fourth-order valence-electron chi connectivity index (χ4n) is 1.44. The summed E-state index contributed by atoms with van der Waals surface area (Å²) in [5, 5.41) is 3.28. The summed E-state index contributed by atoms with van der Waals surface area (Å²) >= 11 is 0. The first-order valence-electron chi connectivity index (χ1n) is 3.79. The zero-order valence-electron chi connectivity index (χ0n) is 6.59. The first kappa shape index (κ1) is 6.67. The van der Waals surface area contributed by atoms with E-state index in [0.717, 1.165) is 25.2 Å². The molecule has 60 valence electrons. The van der Waals surface area contributed by atoms with Crippen LogP contribution in [-0.2, 0) is 20.0 Å². The molecule has 2 heterocycles. The van der Waals surface area contributed by atoms with Crippen LogP contribution in [0, 0.1) is 0 Å². The molecule has 1 aromatic rings. The van der Waals surface area contributed by atoms with E-state index < -0.39 is 0 Å². The summed E-state index contributed by atoms with van der Waals surface area (Å²) in [5.74, 6) is 0.624. The number of nitrogens with two attached hydrogens (primary N) is 1. The summed E-state index contributed by atoms with van der Waals surface area (Å²) in [6, 6.07) is 0. The van der Waals surface area contributed by atoms with E-state index in [-0.39, 0.29) is 0 Å². The standard InChI is InChI=1S/C7H12N4/c1-11-6-4-9-3-2-5(6)10-7(11)8/h9H,2-4H2,1H3,(H2,8,10). The molecular weight excluding hydrogens is 140 g/mol. The third-order valence-electron chi connectivity index (χ3n) is 2.16. The van der Waals surface area contributed by atoms with Crippen molar-refractivity contribution >= 4 is 5.95 Å². The highest BCUT2D eigenvalue weighted by Gasteiger charge is 2.15. The van der Waals surface area contributed by atoms with E-state index in [0.29, 0.717) is 5.95 Å². The van der Waals surface area contributed by atoms with Gasteiger partial charge in [0.1, 0.15) is 0 Å². The Morgan fingerprint density at radius 2 is 2.45 bits per heavy atom. The van der Waals surface area contributed by atoms with Crippen LogP contribution in [0.15, 0.2) is 0 Å². The van der Waals surface area contributed by atoms with Crippen LogP contribution >= 0.6 is 0 Å². The number of aromatic nitrogens is 2. The van der Waals surface area contributed by atoms with E-state index in [1.165, 1.54) is 5.69 Å². The van der Waals surface area contributed by atoms with Crippen molar-refractivity contribution in [3.8, 4) is 0 Å². The summed E-state index contributed by atoms with van der Waals surface area (Å²) in [7, 11) is 1.95. The number of hydrogen-bond acceptors (Lipinski definition) is 3. The smallest absolute Gasteiger partial charge is 0.200 e. The lowest BCUT2D eigenvalue weighted by molar-refractivity contribution is 0.607. The SMILES string of the molecule is Cn1c(N)nc2c1CNCC2. The number of rotatable bonds is 0. The van der Waals surface area contributed by atoms with Crippen molar-refractivity contribution in [1.82, 2.24) is 14.9 Å². The maximum Gasteiger partial charge on any atom is 0.200 e. The largest absolute Gasteiger partial charge is 0.369 e. The molecule has 0 aliphatic carbocycles. The van der Waals surface area contributed by atoms with Crippen molar-refractivity contribution in [3.63, 3.8) is 0 Å². The van der Waals surface area contributed by atoms with Gasteiger partial charge in [0.25, 0.3) is 0 Å². The Bertz CT molecular complexity index is 276. The predicted molar refractivity (Wildman–Crippen MR) is 43.0 cm³/mol. The quantitative estimate of drug-likeness (QED) is 0.534. The van der Waals surface area contributed by atoms with E-state index in [1.807, 2.05) is 11.6 Å². The number of nitrogens with one attached hydrogen (secondary N) is 1. The Morgan fingerprint density at radius 1 is 1.64 bits per heavy atom. The fraction of sp³-hybridized carbons (Fsp3) is 0.571. The Balaban J connectivity index is 2.50. The topological polar surface area (TPSA) is 55.9 Å². The van der Waals surface area contributed by atoms with E-state index in [4.69, 9.17) is 5.73 Å². The number of fused-ring (bicyclic) bond motifs is 1. The summed E-state index contributed by atoms with van der Waals surface area (Å²) in [6.45, 7) is 1.92. The molecule has 11 heavy (non-hydrogen) atoms. The van der Waals surface area contributed by atoms with Crippen molar-refractivity contribution in [2.45, 2.75) is 13.0 Å². The lowest BCUT2D eigenvalue weighted by Gasteiger charge is -2.12. The van der Waals surface area contributed by atoms with E-state index in [1.54, 1.807) is 0 Å². The molecule has 0 atom stereocenters. The molecular formula is C7H12N4. The highest BCUT2D eigenvalue weighted by molar-refractivity contribution is 5.30. The Labute approximate surface area is 65.4 Å². The molecule has 0 aromatic carbocycles.